The average molecular weight is 237 g/mol. The molecule has 2 rings (SSSR count). The van der Waals surface area contributed by atoms with Gasteiger partial charge in [0.15, 0.2) is 0 Å². The summed E-state index contributed by atoms with van der Waals surface area (Å²) in [6.07, 6.45) is 2.57. The number of ether oxygens (including phenoxy) is 1. The van der Waals surface area contributed by atoms with E-state index in [0.29, 0.717) is 5.92 Å². The summed E-state index contributed by atoms with van der Waals surface area (Å²) in [6.45, 7) is 1.91. The molecule has 0 aliphatic heterocycles. The van der Waals surface area contributed by atoms with Gasteiger partial charge in [0.2, 0.25) is 0 Å². The Kier molecular flexibility index (Phi) is 3.79. The zero-order valence-electron chi connectivity index (χ0n) is 10.7. The Bertz CT molecular complexity index is 370. The van der Waals surface area contributed by atoms with Crippen molar-refractivity contribution in [1.82, 2.24) is 5.32 Å². The highest BCUT2D eigenvalue weighted by Crippen LogP contribution is 2.39. The summed E-state index contributed by atoms with van der Waals surface area (Å²) in [5, 5.41) is 3.25. The van der Waals surface area contributed by atoms with Crippen molar-refractivity contribution in [1.29, 1.82) is 0 Å². The molecule has 1 aliphatic rings. The largest absolute Gasteiger partial charge is 0.379 e. The first-order valence-corrected chi connectivity index (χ1v) is 6.13. The molecule has 17 heavy (non-hydrogen) atoms. The number of rotatable bonds is 5. The van der Waals surface area contributed by atoms with E-state index in [1.807, 2.05) is 20.0 Å². The van der Waals surface area contributed by atoms with Crippen molar-refractivity contribution in [2.45, 2.75) is 31.9 Å². The second kappa shape index (κ2) is 5.15. The van der Waals surface area contributed by atoms with E-state index in [1.165, 1.54) is 12.8 Å². The Morgan fingerprint density at radius 1 is 1.35 bits per heavy atom. The van der Waals surface area contributed by atoms with Crippen molar-refractivity contribution < 1.29 is 9.13 Å². The molecule has 1 fully saturated rings. The number of benzene rings is 1. The van der Waals surface area contributed by atoms with Gasteiger partial charge in [-0.2, -0.15) is 0 Å². The van der Waals surface area contributed by atoms with Gasteiger partial charge in [-0.15, -0.1) is 0 Å². The van der Waals surface area contributed by atoms with Crippen LogP contribution < -0.4 is 5.32 Å². The fraction of sp³-hybridized carbons (Fsp3) is 0.571. The fourth-order valence-corrected chi connectivity index (χ4v) is 2.49. The van der Waals surface area contributed by atoms with Gasteiger partial charge in [0, 0.05) is 7.11 Å². The van der Waals surface area contributed by atoms with Crippen molar-refractivity contribution >= 4 is 0 Å². The van der Waals surface area contributed by atoms with Crippen molar-refractivity contribution in [3.8, 4) is 0 Å². The summed E-state index contributed by atoms with van der Waals surface area (Å²) >= 11 is 0. The van der Waals surface area contributed by atoms with Crippen LogP contribution in [0.15, 0.2) is 18.2 Å². The highest BCUT2D eigenvalue weighted by Gasteiger charge is 2.37. The summed E-state index contributed by atoms with van der Waals surface area (Å²) in [5.74, 6) is 0.437. The van der Waals surface area contributed by atoms with Gasteiger partial charge in [0.1, 0.15) is 5.82 Å². The second-order valence-corrected chi connectivity index (χ2v) is 4.87. The van der Waals surface area contributed by atoms with E-state index in [0.717, 1.165) is 11.1 Å². The van der Waals surface area contributed by atoms with E-state index in [1.54, 1.807) is 19.2 Å². The third kappa shape index (κ3) is 2.85. The molecule has 0 radical (unpaired) electrons. The van der Waals surface area contributed by atoms with E-state index in [9.17, 15) is 4.39 Å². The van der Waals surface area contributed by atoms with Crippen LogP contribution in [0.1, 0.15) is 30.0 Å². The molecule has 1 N–H and O–H groups in total. The predicted molar refractivity (Wildman–Crippen MR) is 66.5 cm³/mol. The zero-order chi connectivity index (χ0) is 12.4. The molecule has 0 spiro atoms. The lowest BCUT2D eigenvalue weighted by Crippen LogP contribution is -2.32. The normalized spacial score (nSPS) is 19.1. The summed E-state index contributed by atoms with van der Waals surface area (Å²) in [4.78, 5) is 0. The van der Waals surface area contributed by atoms with Crippen LogP contribution in [-0.2, 0) is 4.74 Å². The molecule has 0 amide bonds. The topological polar surface area (TPSA) is 21.3 Å². The number of hydrogen-bond acceptors (Lipinski definition) is 2. The molecule has 2 unspecified atom stereocenters. The van der Waals surface area contributed by atoms with Crippen molar-refractivity contribution in [2.24, 2.45) is 5.92 Å². The Morgan fingerprint density at radius 2 is 2.06 bits per heavy atom. The lowest BCUT2D eigenvalue weighted by atomic mass is 9.96. The summed E-state index contributed by atoms with van der Waals surface area (Å²) < 4.78 is 19.0. The van der Waals surface area contributed by atoms with E-state index in [4.69, 9.17) is 4.74 Å². The first-order valence-electron chi connectivity index (χ1n) is 6.13. The minimum atomic E-state index is -0.175. The van der Waals surface area contributed by atoms with Crippen molar-refractivity contribution in [3.05, 3.63) is 35.1 Å². The van der Waals surface area contributed by atoms with Gasteiger partial charge in [-0.25, -0.2) is 4.39 Å². The average Bonchev–Trinajstić information content (AvgIpc) is 3.08. The first kappa shape index (κ1) is 12.5. The second-order valence-electron chi connectivity index (χ2n) is 4.87. The lowest BCUT2D eigenvalue weighted by molar-refractivity contribution is 0.0529. The molecule has 2 atom stereocenters. The van der Waals surface area contributed by atoms with Crippen LogP contribution in [0, 0.1) is 18.7 Å². The van der Waals surface area contributed by atoms with Gasteiger partial charge in [0.05, 0.1) is 12.1 Å². The number of nitrogens with one attached hydrogen (secondary N) is 1. The molecule has 0 heterocycles. The molecule has 0 saturated heterocycles. The number of aryl methyl sites for hydroxylation is 1. The third-order valence-electron chi connectivity index (χ3n) is 3.42. The summed E-state index contributed by atoms with van der Waals surface area (Å²) in [6, 6.07) is 5.25. The number of likely N-dealkylation sites (N-methyl/N-ethyl adjacent to an activating group) is 1. The number of hydrogen-bond donors (Lipinski definition) is 1. The maximum Gasteiger partial charge on any atom is 0.123 e. The SMILES string of the molecule is CNC(c1cc(C)cc(F)c1)C(OC)C1CC1. The van der Waals surface area contributed by atoms with Gasteiger partial charge < -0.3 is 10.1 Å². The highest BCUT2D eigenvalue weighted by molar-refractivity contribution is 5.27. The van der Waals surface area contributed by atoms with Gasteiger partial charge >= 0.3 is 0 Å². The highest BCUT2D eigenvalue weighted by atomic mass is 19.1. The Labute approximate surface area is 102 Å². The Balaban J connectivity index is 2.26. The van der Waals surface area contributed by atoms with Crippen LogP contribution in [0.25, 0.3) is 0 Å². The standard InChI is InChI=1S/C14H20FNO/c1-9-6-11(8-12(15)7-9)13(16-2)14(17-3)10-4-5-10/h6-8,10,13-14,16H,4-5H2,1-3H3. The van der Waals surface area contributed by atoms with E-state index >= 15 is 0 Å². The summed E-state index contributed by atoms with van der Waals surface area (Å²) in [5.41, 5.74) is 1.93. The van der Waals surface area contributed by atoms with Crippen LogP contribution in [0.5, 0.6) is 0 Å². The van der Waals surface area contributed by atoms with Crippen LogP contribution in [-0.4, -0.2) is 20.3 Å². The minimum Gasteiger partial charge on any atom is -0.379 e. The van der Waals surface area contributed by atoms with Crippen molar-refractivity contribution in [3.63, 3.8) is 0 Å². The van der Waals surface area contributed by atoms with Gasteiger partial charge in [0.25, 0.3) is 0 Å². The molecule has 3 heteroatoms. The van der Waals surface area contributed by atoms with Crippen LogP contribution >= 0.6 is 0 Å². The lowest BCUT2D eigenvalue weighted by Gasteiger charge is -2.26. The molecule has 1 aromatic carbocycles. The van der Waals surface area contributed by atoms with Gasteiger partial charge in [-0.05, 0) is 56.0 Å². The number of halogens is 1. The molecule has 1 aliphatic carbocycles. The molecule has 1 saturated carbocycles. The monoisotopic (exact) mass is 237 g/mol. The predicted octanol–water partition coefficient (Wildman–Crippen LogP) is 2.82. The van der Waals surface area contributed by atoms with Crippen LogP contribution in [0.3, 0.4) is 0 Å². The molecule has 94 valence electrons. The quantitative estimate of drug-likeness (QED) is 0.850. The molecule has 1 aromatic rings. The van der Waals surface area contributed by atoms with E-state index < -0.39 is 0 Å². The molecular formula is C14H20FNO. The minimum absolute atomic E-state index is 0.0712. The maximum atomic E-state index is 13.4. The zero-order valence-corrected chi connectivity index (χ0v) is 10.7. The molecule has 0 bridgehead atoms. The molecular weight excluding hydrogens is 217 g/mol. The van der Waals surface area contributed by atoms with Crippen LogP contribution in [0.2, 0.25) is 0 Å². The third-order valence-corrected chi connectivity index (χ3v) is 3.42. The first-order chi connectivity index (χ1) is 8.15. The van der Waals surface area contributed by atoms with Crippen molar-refractivity contribution in [2.75, 3.05) is 14.2 Å². The van der Waals surface area contributed by atoms with E-state index in [-0.39, 0.29) is 18.0 Å². The Hall–Kier alpha value is -0.930. The van der Waals surface area contributed by atoms with Gasteiger partial charge in [-0.3, -0.25) is 0 Å². The fourth-order valence-electron chi connectivity index (χ4n) is 2.49. The number of methoxy groups -OCH3 is 1. The van der Waals surface area contributed by atoms with E-state index in [2.05, 4.69) is 5.32 Å². The Morgan fingerprint density at radius 3 is 2.53 bits per heavy atom. The van der Waals surface area contributed by atoms with Crippen LogP contribution in [0.4, 0.5) is 4.39 Å². The summed E-state index contributed by atoms with van der Waals surface area (Å²) in [7, 11) is 3.64. The van der Waals surface area contributed by atoms with Gasteiger partial charge in [-0.1, -0.05) is 6.07 Å². The smallest absolute Gasteiger partial charge is 0.123 e. The maximum absolute atomic E-state index is 13.4. The molecule has 0 aromatic heterocycles. The molecule has 2 nitrogen and oxygen atoms in total.